The molecule has 0 saturated heterocycles. The Morgan fingerprint density at radius 3 is 2.76 bits per heavy atom. The van der Waals surface area contributed by atoms with Gasteiger partial charge in [-0.2, -0.15) is 0 Å². The summed E-state index contributed by atoms with van der Waals surface area (Å²) < 4.78 is 27.5. The second-order valence-corrected chi connectivity index (χ2v) is 7.11. The lowest BCUT2D eigenvalue weighted by Crippen LogP contribution is -2.11. The summed E-state index contributed by atoms with van der Waals surface area (Å²) in [5, 5.41) is 1.73. The van der Waals surface area contributed by atoms with Crippen LogP contribution in [-0.2, 0) is 10.0 Å². The van der Waals surface area contributed by atoms with E-state index >= 15 is 0 Å². The average molecular weight is 333 g/mol. The second kappa shape index (κ2) is 4.75. The minimum Gasteiger partial charge on any atom is -0.279 e. The van der Waals surface area contributed by atoms with Crippen molar-refractivity contribution in [3.8, 4) is 0 Å². The largest absolute Gasteiger partial charge is 0.279 e. The van der Waals surface area contributed by atoms with Gasteiger partial charge in [-0.3, -0.25) is 9.71 Å². The fourth-order valence-electron chi connectivity index (χ4n) is 1.25. The normalized spacial score (nSPS) is 11.4. The quantitative estimate of drug-likeness (QED) is 0.939. The first kappa shape index (κ1) is 12.5. The van der Waals surface area contributed by atoms with Crippen molar-refractivity contribution in [2.75, 3.05) is 4.72 Å². The molecule has 0 unspecified atom stereocenters. The smallest absolute Gasteiger partial charge is 0.271 e. The fraction of sp³-hybridized carbons (Fsp3) is 0.100. The van der Waals surface area contributed by atoms with Crippen LogP contribution < -0.4 is 4.72 Å². The van der Waals surface area contributed by atoms with Crippen molar-refractivity contribution in [3.05, 3.63) is 39.9 Å². The van der Waals surface area contributed by atoms with E-state index in [1.165, 1.54) is 11.3 Å². The van der Waals surface area contributed by atoms with Crippen LogP contribution >= 0.6 is 27.3 Å². The molecule has 2 aromatic heterocycles. The van der Waals surface area contributed by atoms with Gasteiger partial charge in [-0.15, -0.1) is 11.3 Å². The summed E-state index contributed by atoms with van der Waals surface area (Å²) in [6, 6.07) is 4.87. The molecule has 0 fully saturated rings. The topological polar surface area (TPSA) is 59.1 Å². The van der Waals surface area contributed by atoms with Crippen LogP contribution in [0.1, 0.15) is 5.69 Å². The maximum atomic E-state index is 12.0. The molecule has 0 spiro atoms. The van der Waals surface area contributed by atoms with E-state index in [-0.39, 0.29) is 4.21 Å². The van der Waals surface area contributed by atoms with Gasteiger partial charge in [0.25, 0.3) is 10.0 Å². The van der Waals surface area contributed by atoms with Crippen molar-refractivity contribution < 1.29 is 8.42 Å². The average Bonchev–Trinajstić information content (AvgIpc) is 2.65. The van der Waals surface area contributed by atoms with Crippen molar-refractivity contribution in [1.29, 1.82) is 0 Å². The minimum absolute atomic E-state index is 0.277. The molecular formula is C10H9BrN2O2S2. The molecule has 0 radical (unpaired) electrons. The van der Waals surface area contributed by atoms with Gasteiger partial charge in [0.15, 0.2) is 0 Å². The molecule has 1 N–H and O–H groups in total. The first-order valence-corrected chi connectivity index (χ1v) is 7.82. The number of hydrogen-bond donors (Lipinski definition) is 1. The molecule has 17 heavy (non-hydrogen) atoms. The lowest BCUT2D eigenvalue weighted by molar-refractivity contribution is 0.603. The number of sulfonamides is 1. The van der Waals surface area contributed by atoms with E-state index in [2.05, 4.69) is 25.6 Å². The molecule has 2 heterocycles. The highest BCUT2D eigenvalue weighted by Gasteiger charge is 2.16. The van der Waals surface area contributed by atoms with Crippen LogP contribution in [0.25, 0.3) is 0 Å². The van der Waals surface area contributed by atoms with E-state index in [4.69, 9.17) is 0 Å². The number of rotatable bonds is 3. The van der Waals surface area contributed by atoms with Gasteiger partial charge in [0.05, 0.1) is 5.69 Å². The zero-order valence-corrected chi connectivity index (χ0v) is 12.1. The van der Waals surface area contributed by atoms with Crippen LogP contribution in [0.4, 0.5) is 5.69 Å². The van der Waals surface area contributed by atoms with Crippen LogP contribution in [0.5, 0.6) is 0 Å². The van der Waals surface area contributed by atoms with Gasteiger partial charge in [-0.05, 0) is 41.1 Å². The van der Waals surface area contributed by atoms with E-state index in [1.807, 2.05) is 0 Å². The van der Waals surface area contributed by atoms with Crippen LogP contribution in [0.15, 0.2) is 38.5 Å². The number of anilines is 1. The van der Waals surface area contributed by atoms with E-state index < -0.39 is 10.0 Å². The Morgan fingerprint density at radius 2 is 2.18 bits per heavy atom. The van der Waals surface area contributed by atoms with Crippen molar-refractivity contribution in [2.24, 2.45) is 0 Å². The zero-order valence-electron chi connectivity index (χ0n) is 8.84. The number of aryl methyl sites for hydroxylation is 1. The highest BCUT2D eigenvalue weighted by Crippen LogP contribution is 2.25. The number of hydrogen-bond acceptors (Lipinski definition) is 4. The number of nitrogens with one attached hydrogen (secondary N) is 1. The maximum Gasteiger partial charge on any atom is 0.271 e. The third-order valence-electron chi connectivity index (χ3n) is 1.96. The summed E-state index contributed by atoms with van der Waals surface area (Å²) in [6.45, 7) is 1.81. The Labute approximate surface area is 112 Å². The Morgan fingerprint density at radius 1 is 1.41 bits per heavy atom. The first-order chi connectivity index (χ1) is 7.97. The number of aromatic nitrogens is 1. The number of thiophene rings is 1. The predicted molar refractivity (Wildman–Crippen MR) is 71.8 cm³/mol. The number of halogens is 1. The summed E-state index contributed by atoms with van der Waals surface area (Å²) in [4.78, 5) is 4.01. The molecule has 0 aliphatic heterocycles. The maximum absolute atomic E-state index is 12.0. The van der Waals surface area contributed by atoms with Gasteiger partial charge in [-0.25, -0.2) is 8.42 Å². The summed E-state index contributed by atoms with van der Waals surface area (Å²) >= 11 is 4.40. The van der Waals surface area contributed by atoms with Gasteiger partial charge >= 0.3 is 0 Å². The summed E-state index contributed by atoms with van der Waals surface area (Å²) in [5.74, 6) is 0. The molecule has 90 valence electrons. The summed E-state index contributed by atoms with van der Waals surface area (Å²) in [5.41, 5.74) is 1.28. The first-order valence-electron chi connectivity index (χ1n) is 4.67. The van der Waals surface area contributed by atoms with Gasteiger partial charge in [0.2, 0.25) is 0 Å². The molecule has 0 aliphatic carbocycles. The molecule has 0 amide bonds. The lowest BCUT2D eigenvalue weighted by atomic mass is 10.3. The number of nitrogens with zero attached hydrogens (tertiary/aromatic N) is 1. The molecule has 0 saturated carbocycles. The van der Waals surface area contributed by atoms with E-state index in [9.17, 15) is 8.42 Å². The number of pyridine rings is 1. The third-order valence-corrected chi connectivity index (χ3v) is 5.54. The van der Waals surface area contributed by atoms with Crippen molar-refractivity contribution >= 4 is 43.0 Å². The fourth-order valence-corrected chi connectivity index (χ4v) is 4.15. The Hall–Kier alpha value is -0.920. The zero-order chi connectivity index (χ0) is 12.5. The van der Waals surface area contributed by atoms with Gasteiger partial charge in [0, 0.05) is 21.7 Å². The summed E-state index contributed by atoms with van der Waals surface area (Å²) in [7, 11) is -3.50. The monoisotopic (exact) mass is 332 g/mol. The highest BCUT2D eigenvalue weighted by molar-refractivity contribution is 9.10. The van der Waals surface area contributed by atoms with Crippen molar-refractivity contribution in [3.63, 3.8) is 0 Å². The van der Waals surface area contributed by atoms with Gasteiger partial charge < -0.3 is 0 Å². The molecule has 7 heteroatoms. The van der Waals surface area contributed by atoms with Gasteiger partial charge in [0.1, 0.15) is 4.21 Å². The molecular weight excluding hydrogens is 324 g/mol. The molecule has 4 nitrogen and oxygen atoms in total. The predicted octanol–water partition coefficient (Wildman–Crippen LogP) is 3.01. The van der Waals surface area contributed by atoms with Crippen LogP contribution in [0, 0.1) is 6.92 Å². The molecule has 2 aromatic rings. The Bertz CT molecular complexity index is 637. The standard InChI is InChI=1S/C10H9BrN2O2S2/c1-7-4-9(2-3-12-7)13-17(14,15)10-5-8(11)6-16-10/h2-6H,1H3,(H,12,13). The van der Waals surface area contributed by atoms with Crippen molar-refractivity contribution in [1.82, 2.24) is 4.98 Å². The molecule has 0 atom stereocenters. The van der Waals surface area contributed by atoms with Crippen LogP contribution in [-0.4, -0.2) is 13.4 Å². The SMILES string of the molecule is Cc1cc(NS(=O)(=O)c2cc(Br)cs2)ccn1. The summed E-state index contributed by atoms with van der Waals surface area (Å²) in [6.07, 6.45) is 1.57. The van der Waals surface area contributed by atoms with Crippen LogP contribution in [0.3, 0.4) is 0 Å². The lowest BCUT2D eigenvalue weighted by Gasteiger charge is -2.06. The highest BCUT2D eigenvalue weighted by atomic mass is 79.9. The van der Waals surface area contributed by atoms with Gasteiger partial charge in [-0.1, -0.05) is 0 Å². The van der Waals surface area contributed by atoms with Crippen molar-refractivity contribution in [2.45, 2.75) is 11.1 Å². The molecule has 0 aliphatic rings. The van der Waals surface area contributed by atoms with E-state index in [1.54, 1.807) is 36.7 Å². The molecule has 0 bridgehead atoms. The third kappa shape index (κ3) is 3.05. The minimum atomic E-state index is -3.50. The van der Waals surface area contributed by atoms with E-state index in [0.717, 1.165) is 10.2 Å². The molecule has 0 aromatic carbocycles. The Kier molecular flexibility index (Phi) is 3.50. The van der Waals surface area contributed by atoms with E-state index in [0.29, 0.717) is 5.69 Å². The Balaban J connectivity index is 2.29. The van der Waals surface area contributed by atoms with Crippen LogP contribution in [0.2, 0.25) is 0 Å². The molecule has 2 rings (SSSR count). The second-order valence-electron chi connectivity index (χ2n) is 3.38.